The lowest BCUT2D eigenvalue weighted by Crippen LogP contribution is -2.23. The number of thiophene rings is 1. The molecule has 2 heterocycles. The van der Waals surface area contributed by atoms with E-state index in [0.717, 1.165) is 5.56 Å². The van der Waals surface area contributed by atoms with Crippen LogP contribution in [0.3, 0.4) is 0 Å². The summed E-state index contributed by atoms with van der Waals surface area (Å²) in [4.78, 5) is 40.3. The highest BCUT2D eigenvalue weighted by Gasteiger charge is 2.16. The molecule has 0 saturated carbocycles. The molecule has 28 heavy (non-hydrogen) atoms. The zero-order valence-electron chi connectivity index (χ0n) is 15.1. The van der Waals surface area contributed by atoms with Crippen LogP contribution in [0.1, 0.15) is 32.5 Å². The number of carbonyl (C=O) groups excluding carboxylic acids is 3. The molecule has 1 aromatic carbocycles. The van der Waals surface area contributed by atoms with Gasteiger partial charge in [0.15, 0.2) is 0 Å². The summed E-state index contributed by atoms with van der Waals surface area (Å²) in [6, 6.07) is 12.1. The van der Waals surface area contributed by atoms with Gasteiger partial charge in [-0.2, -0.15) is 0 Å². The van der Waals surface area contributed by atoms with Crippen molar-refractivity contribution >= 4 is 40.4 Å². The van der Waals surface area contributed by atoms with Crippen molar-refractivity contribution in [3.63, 3.8) is 0 Å². The molecule has 0 spiro atoms. The van der Waals surface area contributed by atoms with Gasteiger partial charge in [0.1, 0.15) is 4.88 Å². The number of rotatable bonds is 6. The van der Waals surface area contributed by atoms with E-state index in [-0.39, 0.29) is 17.7 Å². The molecule has 0 bridgehead atoms. The van der Waals surface area contributed by atoms with Gasteiger partial charge in [-0.1, -0.05) is 12.1 Å². The molecule has 0 saturated heterocycles. The number of carbonyl (C=O) groups is 3. The summed E-state index contributed by atoms with van der Waals surface area (Å²) in [5.41, 5.74) is 2.43. The van der Waals surface area contributed by atoms with Crippen molar-refractivity contribution in [2.24, 2.45) is 0 Å². The van der Waals surface area contributed by atoms with E-state index in [9.17, 15) is 14.4 Å². The van der Waals surface area contributed by atoms with Gasteiger partial charge in [-0.15, -0.1) is 11.3 Å². The van der Waals surface area contributed by atoms with E-state index in [2.05, 4.69) is 20.9 Å². The minimum atomic E-state index is -0.308. The van der Waals surface area contributed by atoms with Crippen molar-refractivity contribution in [2.75, 3.05) is 10.6 Å². The van der Waals surface area contributed by atoms with Crippen molar-refractivity contribution in [3.05, 3.63) is 76.2 Å². The first kappa shape index (κ1) is 19.2. The van der Waals surface area contributed by atoms with Crippen LogP contribution < -0.4 is 16.0 Å². The summed E-state index contributed by atoms with van der Waals surface area (Å²) in [7, 11) is 0. The fourth-order valence-electron chi connectivity index (χ4n) is 2.51. The number of hydrogen-bond donors (Lipinski definition) is 3. The molecule has 2 aromatic heterocycles. The van der Waals surface area contributed by atoms with Crippen molar-refractivity contribution < 1.29 is 14.4 Å². The number of pyridine rings is 1. The van der Waals surface area contributed by atoms with E-state index in [1.165, 1.54) is 30.7 Å². The Hall–Kier alpha value is -3.52. The maximum atomic E-state index is 12.5. The summed E-state index contributed by atoms with van der Waals surface area (Å²) in [5.74, 6) is -0.753. The molecule has 0 atom stereocenters. The lowest BCUT2D eigenvalue weighted by Gasteiger charge is -2.09. The monoisotopic (exact) mass is 394 g/mol. The van der Waals surface area contributed by atoms with E-state index in [0.29, 0.717) is 28.4 Å². The minimum absolute atomic E-state index is 0.158. The SMILES string of the molecule is CC(=O)Nc1cccc(CNC(=O)c2sccc2NC(=O)c2ccncc2)c1. The van der Waals surface area contributed by atoms with Crippen molar-refractivity contribution in [2.45, 2.75) is 13.5 Å². The normalized spacial score (nSPS) is 10.2. The molecule has 3 amide bonds. The molecule has 8 heteroatoms. The zero-order valence-corrected chi connectivity index (χ0v) is 15.9. The fourth-order valence-corrected chi connectivity index (χ4v) is 3.27. The van der Waals surface area contributed by atoms with E-state index in [1.807, 2.05) is 6.07 Å². The molecule has 7 nitrogen and oxygen atoms in total. The highest BCUT2D eigenvalue weighted by Crippen LogP contribution is 2.23. The zero-order chi connectivity index (χ0) is 19.9. The lowest BCUT2D eigenvalue weighted by molar-refractivity contribution is -0.114. The predicted octanol–water partition coefficient (Wildman–Crippen LogP) is 3.28. The summed E-state index contributed by atoms with van der Waals surface area (Å²) in [6.07, 6.45) is 3.07. The van der Waals surface area contributed by atoms with Gasteiger partial charge in [0.2, 0.25) is 5.91 Å². The van der Waals surface area contributed by atoms with Gasteiger partial charge in [-0.3, -0.25) is 19.4 Å². The second-order valence-corrected chi connectivity index (χ2v) is 6.83. The largest absolute Gasteiger partial charge is 0.347 e. The third-order valence-electron chi connectivity index (χ3n) is 3.76. The Balaban J connectivity index is 1.64. The Bertz CT molecular complexity index is 1000. The number of aromatic nitrogens is 1. The molecular formula is C20H18N4O3S. The van der Waals surface area contributed by atoms with Crippen LogP contribution in [0.5, 0.6) is 0 Å². The van der Waals surface area contributed by atoms with E-state index in [1.54, 1.807) is 41.8 Å². The van der Waals surface area contributed by atoms with Crippen LogP contribution in [0.2, 0.25) is 0 Å². The quantitative estimate of drug-likeness (QED) is 0.597. The maximum Gasteiger partial charge on any atom is 0.263 e. The van der Waals surface area contributed by atoms with Gasteiger partial charge in [0, 0.05) is 37.1 Å². The molecule has 0 radical (unpaired) electrons. The van der Waals surface area contributed by atoms with E-state index >= 15 is 0 Å². The van der Waals surface area contributed by atoms with Gasteiger partial charge in [0.05, 0.1) is 5.69 Å². The Kier molecular flexibility index (Phi) is 6.13. The number of nitrogens with zero attached hydrogens (tertiary/aromatic N) is 1. The molecule has 3 aromatic rings. The lowest BCUT2D eigenvalue weighted by atomic mass is 10.2. The van der Waals surface area contributed by atoms with E-state index in [4.69, 9.17) is 0 Å². The smallest absolute Gasteiger partial charge is 0.263 e. The topological polar surface area (TPSA) is 100 Å². The van der Waals surface area contributed by atoms with Crippen molar-refractivity contribution in [1.29, 1.82) is 0 Å². The number of benzene rings is 1. The summed E-state index contributed by atoms with van der Waals surface area (Å²) >= 11 is 1.25. The summed E-state index contributed by atoms with van der Waals surface area (Å²) in [6.45, 7) is 1.73. The van der Waals surface area contributed by atoms with Crippen LogP contribution in [-0.4, -0.2) is 22.7 Å². The first-order chi connectivity index (χ1) is 13.5. The predicted molar refractivity (Wildman–Crippen MR) is 108 cm³/mol. The van der Waals surface area contributed by atoms with Gasteiger partial charge in [-0.05, 0) is 41.3 Å². The third-order valence-corrected chi connectivity index (χ3v) is 4.68. The Morgan fingerprint density at radius 1 is 1.00 bits per heavy atom. The molecule has 0 fully saturated rings. The molecular weight excluding hydrogens is 376 g/mol. The highest BCUT2D eigenvalue weighted by molar-refractivity contribution is 7.12. The number of hydrogen-bond acceptors (Lipinski definition) is 5. The minimum Gasteiger partial charge on any atom is -0.347 e. The second kappa shape index (κ2) is 8.92. The van der Waals surface area contributed by atoms with Crippen LogP contribution in [0.15, 0.2) is 60.2 Å². The average Bonchev–Trinajstić information content (AvgIpc) is 3.15. The van der Waals surface area contributed by atoms with E-state index < -0.39 is 0 Å². The Morgan fingerprint density at radius 3 is 2.54 bits per heavy atom. The third kappa shape index (κ3) is 5.01. The highest BCUT2D eigenvalue weighted by atomic mass is 32.1. The standard InChI is InChI=1S/C20H18N4O3S/c1-13(25)23-16-4-2-3-14(11-16)12-22-20(27)18-17(7-10-28-18)24-19(26)15-5-8-21-9-6-15/h2-11H,12H2,1H3,(H,22,27)(H,23,25)(H,24,26). The summed E-state index contributed by atoms with van der Waals surface area (Å²) < 4.78 is 0. The fraction of sp³-hybridized carbons (Fsp3) is 0.100. The van der Waals surface area contributed by atoms with Gasteiger partial charge >= 0.3 is 0 Å². The molecule has 0 aliphatic rings. The molecule has 0 aliphatic heterocycles. The van der Waals surface area contributed by atoms with Crippen LogP contribution in [-0.2, 0) is 11.3 Å². The van der Waals surface area contributed by atoms with Crippen molar-refractivity contribution in [3.8, 4) is 0 Å². The van der Waals surface area contributed by atoms with Gasteiger partial charge < -0.3 is 16.0 Å². The van der Waals surface area contributed by atoms with Crippen LogP contribution in [0.25, 0.3) is 0 Å². The molecule has 0 aliphatic carbocycles. The summed E-state index contributed by atoms with van der Waals surface area (Å²) in [5, 5.41) is 10.0. The maximum absolute atomic E-state index is 12.5. The molecule has 3 N–H and O–H groups in total. The second-order valence-electron chi connectivity index (χ2n) is 5.92. The Morgan fingerprint density at radius 2 is 1.79 bits per heavy atom. The number of anilines is 2. The van der Waals surface area contributed by atoms with Crippen LogP contribution >= 0.6 is 11.3 Å². The van der Waals surface area contributed by atoms with Crippen LogP contribution in [0.4, 0.5) is 11.4 Å². The molecule has 142 valence electrons. The van der Waals surface area contributed by atoms with Crippen LogP contribution in [0, 0.1) is 0 Å². The van der Waals surface area contributed by atoms with Gasteiger partial charge in [0.25, 0.3) is 11.8 Å². The molecule has 3 rings (SSSR count). The number of nitrogens with one attached hydrogen (secondary N) is 3. The molecule has 0 unspecified atom stereocenters. The van der Waals surface area contributed by atoms with Crippen molar-refractivity contribution in [1.82, 2.24) is 10.3 Å². The Labute approximate surface area is 165 Å². The van der Waals surface area contributed by atoms with Gasteiger partial charge in [-0.25, -0.2) is 0 Å². The number of amides is 3. The first-order valence-electron chi connectivity index (χ1n) is 8.46. The average molecular weight is 394 g/mol. The first-order valence-corrected chi connectivity index (χ1v) is 9.34.